The molecule has 5 N–H and O–H groups in total. The number of halogens is 7. The van der Waals surface area contributed by atoms with Gasteiger partial charge in [-0.1, -0.05) is 11.6 Å². The minimum atomic E-state index is -5.32. The molecule has 1 rings (SSSR count). The standard InChI is InChI=1S/C12H11ClF6N4O3/c1-10(24,12(17,18)19)9(22)26-7(21)6-5(20)4(13)3(11(14,15)16)8(23-6)25-2/h21-22,24H,20H2,1-2H3/t10-/m1/s1. The fourth-order valence-electron chi connectivity index (χ4n) is 1.50. The van der Waals surface area contributed by atoms with Gasteiger partial charge in [-0.05, 0) is 6.92 Å². The van der Waals surface area contributed by atoms with Crippen molar-refractivity contribution in [2.45, 2.75) is 24.9 Å². The summed E-state index contributed by atoms with van der Waals surface area (Å²) in [4.78, 5) is 3.25. The first kappa shape index (κ1) is 21.8. The van der Waals surface area contributed by atoms with Crippen LogP contribution in [-0.2, 0) is 10.9 Å². The number of nitrogens with one attached hydrogen (secondary N) is 2. The van der Waals surface area contributed by atoms with E-state index in [9.17, 15) is 31.4 Å². The number of ether oxygens (including phenoxy) is 2. The van der Waals surface area contributed by atoms with Gasteiger partial charge in [-0.2, -0.15) is 26.3 Å². The molecule has 1 aromatic heterocycles. The first-order valence-electron chi connectivity index (χ1n) is 6.30. The number of nitrogens with two attached hydrogens (primary N) is 1. The Balaban J connectivity index is 3.35. The summed E-state index contributed by atoms with van der Waals surface area (Å²) in [5.41, 5.74) is -1.84. The molecule has 1 aromatic rings. The van der Waals surface area contributed by atoms with Crippen molar-refractivity contribution in [3.63, 3.8) is 0 Å². The summed E-state index contributed by atoms with van der Waals surface area (Å²) >= 11 is 5.51. The summed E-state index contributed by atoms with van der Waals surface area (Å²) in [6, 6.07) is 0. The third kappa shape index (κ3) is 3.93. The molecule has 7 nitrogen and oxygen atoms in total. The molecular weight excluding hydrogens is 398 g/mol. The normalized spacial score (nSPS) is 14.5. The van der Waals surface area contributed by atoms with E-state index in [-0.39, 0.29) is 6.92 Å². The predicted molar refractivity (Wildman–Crippen MR) is 77.5 cm³/mol. The highest BCUT2D eigenvalue weighted by Gasteiger charge is 2.55. The van der Waals surface area contributed by atoms with Crippen LogP contribution in [0.1, 0.15) is 18.2 Å². The molecule has 0 saturated heterocycles. The van der Waals surface area contributed by atoms with Gasteiger partial charge in [0.1, 0.15) is 5.56 Å². The number of rotatable bonds is 3. The van der Waals surface area contributed by atoms with Crippen molar-refractivity contribution in [3.05, 3.63) is 16.3 Å². The second kappa shape index (κ2) is 6.79. The van der Waals surface area contributed by atoms with Crippen LogP contribution in [0.2, 0.25) is 5.02 Å². The van der Waals surface area contributed by atoms with E-state index in [1.165, 1.54) is 0 Å². The molecule has 0 bridgehead atoms. The molecule has 0 amide bonds. The topological polar surface area (TPSA) is 125 Å². The van der Waals surface area contributed by atoms with E-state index < -0.39 is 57.6 Å². The molecule has 14 heteroatoms. The Bertz CT molecular complexity index is 748. The van der Waals surface area contributed by atoms with Crippen molar-refractivity contribution in [2.75, 3.05) is 12.8 Å². The van der Waals surface area contributed by atoms with Gasteiger partial charge < -0.3 is 20.3 Å². The van der Waals surface area contributed by atoms with Gasteiger partial charge in [-0.15, -0.1) is 0 Å². The Morgan fingerprint density at radius 3 is 2.08 bits per heavy atom. The van der Waals surface area contributed by atoms with Crippen molar-refractivity contribution in [3.8, 4) is 5.88 Å². The highest BCUT2D eigenvalue weighted by molar-refractivity contribution is 6.35. The van der Waals surface area contributed by atoms with Gasteiger partial charge >= 0.3 is 12.4 Å². The highest BCUT2D eigenvalue weighted by atomic mass is 35.5. The lowest BCUT2D eigenvalue weighted by atomic mass is 10.1. The molecule has 26 heavy (non-hydrogen) atoms. The molecule has 0 aliphatic heterocycles. The van der Waals surface area contributed by atoms with Crippen molar-refractivity contribution in [2.24, 2.45) is 0 Å². The Hall–Kier alpha value is -2.28. The van der Waals surface area contributed by atoms with Crippen molar-refractivity contribution >= 4 is 29.1 Å². The van der Waals surface area contributed by atoms with Crippen LogP contribution < -0.4 is 10.5 Å². The Labute approximate surface area is 146 Å². The number of anilines is 1. The first-order valence-corrected chi connectivity index (χ1v) is 6.68. The van der Waals surface area contributed by atoms with Crippen LogP contribution in [0.25, 0.3) is 0 Å². The Morgan fingerprint density at radius 2 is 1.69 bits per heavy atom. The maximum Gasteiger partial charge on any atom is 0.425 e. The molecule has 0 spiro atoms. The van der Waals surface area contributed by atoms with Gasteiger partial charge in [0, 0.05) is 0 Å². The molecule has 0 aliphatic carbocycles. The molecule has 146 valence electrons. The van der Waals surface area contributed by atoms with Crippen LogP contribution in [-0.4, -0.2) is 40.8 Å². The second-order valence-corrected chi connectivity index (χ2v) is 5.28. The summed E-state index contributed by atoms with van der Waals surface area (Å²) in [6.45, 7) is 0.180. The molecule has 0 saturated carbocycles. The molecule has 0 unspecified atom stereocenters. The molecule has 0 aromatic carbocycles. The van der Waals surface area contributed by atoms with E-state index in [0.717, 1.165) is 7.11 Å². The van der Waals surface area contributed by atoms with Crippen molar-refractivity contribution < 1.29 is 40.9 Å². The van der Waals surface area contributed by atoms with E-state index in [1.807, 2.05) is 0 Å². The van der Waals surface area contributed by atoms with Crippen LogP contribution in [0.15, 0.2) is 0 Å². The van der Waals surface area contributed by atoms with E-state index >= 15 is 0 Å². The van der Waals surface area contributed by atoms with E-state index in [1.54, 1.807) is 0 Å². The Morgan fingerprint density at radius 1 is 1.19 bits per heavy atom. The monoisotopic (exact) mass is 408 g/mol. The third-order valence-corrected chi connectivity index (χ3v) is 3.42. The SMILES string of the molecule is COc1nc(C(=N)OC(=N)[C@@](C)(O)C(F)(F)F)c(N)c(Cl)c1C(F)(F)F. The number of hydrogen-bond acceptors (Lipinski definition) is 7. The van der Waals surface area contributed by atoms with Gasteiger partial charge in [0.05, 0.1) is 17.8 Å². The average molecular weight is 409 g/mol. The zero-order chi connectivity index (χ0) is 20.7. The number of aliphatic hydroxyl groups is 1. The minimum absolute atomic E-state index is 0.180. The third-order valence-electron chi connectivity index (χ3n) is 3.03. The summed E-state index contributed by atoms with van der Waals surface area (Å²) < 4.78 is 85.5. The van der Waals surface area contributed by atoms with E-state index in [0.29, 0.717) is 0 Å². The minimum Gasteiger partial charge on any atom is -0.481 e. The maximum absolute atomic E-state index is 13.0. The van der Waals surface area contributed by atoms with Gasteiger partial charge in [0.15, 0.2) is 5.69 Å². The van der Waals surface area contributed by atoms with Crippen LogP contribution in [0.5, 0.6) is 5.88 Å². The quantitative estimate of drug-likeness (QED) is 0.347. The molecule has 1 atom stereocenters. The largest absolute Gasteiger partial charge is 0.481 e. The van der Waals surface area contributed by atoms with Crippen molar-refractivity contribution in [1.82, 2.24) is 4.98 Å². The lowest BCUT2D eigenvalue weighted by Crippen LogP contribution is -2.50. The molecule has 0 aliphatic rings. The Kier molecular flexibility index (Phi) is 5.69. The van der Waals surface area contributed by atoms with E-state index in [4.69, 9.17) is 28.2 Å². The van der Waals surface area contributed by atoms with E-state index in [2.05, 4.69) is 14.5 Å². The lowest BCUT2D eigenvalue weighted by Gasteiger charge is -2.26. The fourth-order valence-corrected chi connectivity index (χ4v) is 1.77. The molecule has 1 heterocycles. The van der Waals surface area contributed by atoms with Crippen LogP contribution in [0.4, 0.5) is 32.0 Å². The van der Waals surface area contributed by atoms with Crippen LogP contribution in [0, 0.1) is 10.8 Å². The average Bonchev–Trinajstić information content (AvgIpc) is 2.46. The first-order chi connectivity index (χ1) is 11.6. The lowest BCUT2D eigenvalue weighted by molar-refractivity contribution is -0.227. The maximum atomic E-state index is 13.0. The zero-order valence-corrected chi connectivity index (χ0v) is 13.7. The summed E-state index contributed by atoms with van der Waals surface area (Å²) in [7, 11) is 0.800. The summed E-state index contributed by atoms with van der Waals surface area (Å²) in [5.74, 6) is -4.30. The number of methoxy groups -OCH3 is 1. The van der Waals surface area contributed by atoms with Crippen LogP contribution >= 0.6 is 11.6 Å². The number of alkyl halides is 6. The summed E-state index contributed by atoms with van der Waals surface area (Å²) in [5, 5.41) is 22.8. The number of nitrogen functional groups attached to an aromatic ring is 1. The molecular formula is C12H11ClF6N4O3. The van der Waals surface area contributed by atoms with Gasteiger partial charge in [0.2, 0.25) is 23.3 Å². The smallest absolute Gasteiger partial charge is 0.425 e. The van der Waals surface area contributed by atoms with Gasteiger partial charge in [-0.25, -0.2) is 4.98 Å². The van der Waals surface area contributed by atoms with Crippen LogP contribution in [0.3, 0.4) is 0 Å². The molecule has 0 radical (unpaired) electrons. The highest BCUT2D eigenvalue weighted by Crippen LogP contribution is 2.43. The van der Waals surface area contributed by atoms with Crippen molar-refractivity contribution in [1.29, 1.82) is 10.8 Å². The number of pyridine rings is 1. The molecule has 0 fully saturated rings. The zero-order valence-electron chi connectivity index (χ0n) is 12.9. The van der Waals surface area contributed by atoms with Gasteiger partial charge in [0.25, 0.3) is 0 Å². The predicted octanol–water partition coefficient (Wildman–Crippen LogP) is 2.98. The second-order valence-electron chi connectivity index (χ2n) is 4.90. The fraction of sp³-hybridized carbons (Fsp3) is 0.417. The number of hydrogen-bond donors (Lipinski definition) is 4. The number of nitrogens with zero attached hydrogens (tertiary/aromatic N) is 1. The van der Waals surface area contributed by atoms with Gasteiger partial charge in [-0.3, -0.25) is 10.8 Å². The number of aromatic nitrogens is 1. The summed E-state index contributed by atoms with van der Waals surface area (Å²) in [6.07, 6.45) is -10.4.